The first-order valence-corrected chi connectivity index (χ1v) is 5.71. The van der Waals surface area contributed by atoms with Crippen LogP contribution < -0.4 is 5.73 Å². The van der Waals surface area contributed by atoms with Crippen LogP contribution in [0.25, 0.3) is 0 Å². The molecule has 0 saturated heterocycles. The quantitative estimate of drug-likeness (QED) is 0.821. The predicted molar refractivity (Wildman–Crippen MR) is 72.8 cm³/mol. The molecule has 0 saturated carbocycles. The molecule has 2 N–H and O–H groups in total. The summed E-state index contributed by atoms with van der Waals surface area (Å²) in [5.41, 5.74) is 7.22. The molecule has 0 spiro atoms. The van der Waals surface area contributed by atoms with Gasteiger partial charge in [0.15, 0.2) is 0 Å². The van der Waals surface area contributed by atoms with Gasteiger partial charge >= 0.3 is 6.03 Å². The van der Waals surface area contributed by atoms with Crippen LogP contribution in [0.15, 0.2) is 65.7 Å². The maximum atomic E-state index is 10.8. The van der Waals surface area contributed by atoms with E-state index in [2.05, 4.69) is 4.99 Å². The first-order chi connectivity index (χ1) is 8.77. The van der Waals surface area contributed by atoms with Crippen molar-refractivity contribution in [3.63, 3.8) is 0 Å². The van der Waals surface area contributed by atoms with E-state index in [1.54, 1.807) is 6.21 Å². The Morgan fingerprint density at radius 1 is 0.944 bits per heavy atom. The number of nitrogens with zero attached hydrogens (tertiary/aromatic N) is 1. The van der Waals surface area contributed by atoms with Gasteiger partial charge in [0.25, 0.3) is 0 Å². The largest absolute Gasteiger partial charge is 0.350 e. The lowest BCUT2D eigenvalue weighted by Crippen LogP contribution is -2.08. The zero-order chi connectivity index (χ0) is 12.8. The van der Waals surface area contributed by atoms with Crippen LogP contribution in [-0.4, -0.2) is 12.2 Å². The molecule has 0 bridgehead atoms. The average molecular weight is 238 g/mol. The van der Waals surface area contributed by atoms with Gasteiger partial charge in [0, 0.05) is 12.1 Å². The van der Waals surface area contributed by atoms with E-state index in [1.807, 2.05) is 60.7 Å². The molecule has 2 aromatic rings. The molecule has 0 radical (unpaired) electrons. The van der Waals surface area contributed by atoms with Gasteiger partial charge in [-0.25, -0.2) is 9.79 Å². The van der Waals surface area contributed by atoms with E-state index in [-0.39, 0.29) is 5.92 Å². The van der Waals surface area contributed by atoms with Crippen molar-refractivity contribution in [1.82, 2.24) is 0 Å². The Hall–Kier alpha value is -2.42. The normalized spacial score (nSPS) is 10.9. The summed E-state index contributed by atoms with van der Waals surface area (Å²) >= 11 is 0. The maximum absolute atomic E-state index is 10.8. The molecular weight excluding hydrogens is 224 g/mol. The van der Waals surface area contributed by atoms with Crippen molar-refractivity contribution in [3.05, 3.63) is 71.8 Å². The van der Waals surface area contributed by atoms with Crippen LogP contribution >= 0.6 is 0 Å². The molecule has 18 heavy (non-hydrogen) atoms. The standard InChI is InChI=1S/C15H14N2O/c16-15(18)17-11-14(12-7-3-1-4-8-12)13-9-5-2-6-10-13/h1-11,14H,(H2,16,18)/b17-11+. The molecule has 2 amide bonds. The van der Waals surface area contributed by atoms with Crippen LogP contribution in [0.4, 0.5) is 4.79 Å². The van der Waals surface area contributed by atoms with Gasteiger partial charge in [0.2, 0.25) is 0 Å². The Morgan fingerprint density at radius 3 is 1.78 bits per heavy atom. The highest BCUT2D eigenvalue weighted by Crippen LogP contribution is 2.22. The molecule has 0 aliphatic rings. The second kappa shape index (κ2) is 5.77. The fraction of sp³-hybridized carbons (Fsp3) is 0.0667. The van der Waals surface area contributed by atoms with Gasteiger partial charge in [-0.2, -0.15) is 0 Å². The van der Waals surface area contributed by atoms with Crippen molar-refractivity contribution in [2.45, 2.75) is 5.92 Å². The van der Waals surface area contributed by atoms with Crippen LogP contribution in [0, 0.1) is 0 Å². The number of nitrogens with two attached hydrogens (primary N) is 1. The predicted octanol–water partition coefficient (Wildman–Crippen LogP) is 2.97. The van der Waals surface area contributed by atoms with E-state index < -0.39 is 6.03 Å². The highest BCUT2D eigenvalue weighted by atomic mass is 16.2. The number of carbonyl (C=O) groups is 1. The number of benzene rings is 2. The van der Waals surface area contributed by atoms with Crippen LogP contribution in [0.5, 0.6) is 0 Å². The molecule has 0 unspecified atom stereocenters. The fourth-order valence-electron chi connectivity index (χ4n) is 1.83. The highest BCUT2D eigenvalue weighted by molar-refractivity contribution is 5.86. The Morgan fingerprint density at radius 2 is 1.39 bits per heavy atom. The van der Waals surface area contributed by atoms with Gasteiger partial charge in [-0.15, -0.1) is 0 Å². The highest BCUT2D eigenvalue weighted by Gasteiger charge is 2.11. The van der Waals surface area contributed by atoms with Gasteiger partial charge in [-0.1, -0.05) is 60.7 Å². The van der Waals surface area contributed by atoms with Gasteiger partial charge in [0.05, 0.1) is 0 Å². The molecule has 0 heterocycles. The summed E-state index contributed by atoms with van der Waals surface area (Å²) in [4.78, 5) is 14.5. The molecule has 0 aliphatic carbocycles. The van der Waals surface area contributed by atoms with E-state index in [4.69, 9.17) is 5.73 Å². The molecule has 3 nitrogen and oxygen atoms in total. The Labute approximate surface area is 106 Å². The molecule has 0 atom stereocenters. The van der Waals surface area contributed by atoms with Crippen molar-refractivity contribution in [2.75, 3.05) is 0 Å². The molecule has 0 aromatic heterocycles. The van der Waals surface area contributed by atoms with E-state index in [9.17, 15) is 4.79 Å². The molecular formula is C15H14N2O. The van der Waals surface area contributed by atoms with Gasteiger partial charge in [-0.3, -0.25) is 0 Å². The molecule has 0 fully saturated rings. The zero-order valence-corrected chi connectivity index (χ0v) is 9.86. The monoisotopic (exact) mass is 238 g/mol. The number of carbonyl (C=O) groups excluding carboxylic acids is 1. The summed E-state index contributed by atoms with van der Waals surface area (Å²) in [6, 6.07) is 19.1. The minimum Gasteiger partial charge on any atom is -0.350 e. The van der Waals surface area contributed by atoms with E-state index in [0.29, 0.717) is 0 Å². The molecule has 2 rings (SSSR count). The van der Waals surface area contributed by atoms with E-state index in [1.165, 1.54) is 0 Å². The second-order valence-corrected chi connectivity index (χ2v) is 3.92. The molecule has 90 valence electrons. The Bertz CT molecular complexity index is 495. The lowest BCUT2D eigenvalue weighted by molar-refractivity contribution is 0.257. The van der Waals surface area contributed by atoms with Crippen molar-refractivity contribution in [3.8, 4) is 0 Å². The lowest BCUT2D eigenvalue weighted by atomic mass is 9.92. The fourth-order valence-corrected chi connectivity index (χ4v) is 1.83. The summed E-state index contributed by atoms with van der Waals surface area (Å²) < 4.78 is 0. The summed E-state index contributed by atoms with van der Waals surface area (Å²) in [5.74, 6) is -0.0556. The number of amides is 2. The lowest BCUT2D eigenvalue weighted by Gasteiger charge is -2.12. The summed E-state index contributed by atoms with van der Waals surface area (Å²) in [6.45, 7) is 0. The van der Waals surface area contributed by atoms with Gasteiger partial charge < -0.3 is 5.73 Å². The first-order valence-electron chi connectivity index (χ1n) is 5.71. The third-order valence-corrected chi connectivity index (χ3v) is 2.67. The van der Waals surface area contributed by atoms with Crippen LogP contribution in [0.3, 0.4) is 0 Å². The number of hydrogen-bond donors (Lipinski definition) is 1. The van der Waals surface area contributed by atoms with Crippen LogP contribution in [0.1, 0.15) is 17.0 Å². The van der Waals surface area contributed by atoms with Crippen molar-refractivity contribution < 1.29 is 4.79 Å². The maximum Gasteiger partial charge on any atom is 0.337 e. The SMILES string of the molecule is NC(=O)/N=C/C(c1ccccc1)c1ccccc1. The average Bonchev–Trinajstić information content (AvgIpc) is 2.41. The van der Waals surface area contributed by atoms with Crippen LogP contribution in [0.2, 0.25) is 0 Å². The Kier molecular flexibility index (Phi) is 3.86. The van der Waals surface area contributed by atoms with Crippen molar-refractivity contribution in [2.24, 2.45) is 10.7 Å². The number of urea groups is 1. The Balaban J connectivity index is 2.38. The number of rotatable bonds is 3. The smallest absolute Gasteiger partial charge is 0.337 e. The first kappa shape index (κ1) is 12.0. The zero-order valence-electron chi connectivity index (χ0n) is 9.86. The summed E-state index contributed by atoms with van der Waals surface area (Å²) in [5, 5.41) is 0. The van der Waals surface area contributed by atoms with Crippen molar-refractivity contribution >= 4 is 12.2 Å². The number of aliphatic imine (C=N–C) groups is 1. The summed E-state index contributed by atoms with van der Waals surface area (Å²) in [6.07, 6.45) is 1.59. The van der Waals surface area contributed by atoms with E-state index in [0.717, 1.165) is 11.1 Å². The van der Waals surface area contributed by atoms with Gasteiger partial charge in [-0.05, 0) is 11.1 Å². The molecule has 0 aliphatic heterocycles. The minimum atomic E-state index is -0.674. The third kappa shape index (κ3) is 3.04. The second-order valence-electron chi connectivity index (χ2n) is 3.92. The minimum absolute atomic E-state index is 0.0556. The van der Waals surface area contributed by atoms with Gasteiger partial charge in [0.1, 0.15) is 0 Å². The third-order valence-electron chi connectivity index (χ3n) is 2.67. The number of primary amides is 1. The van der Waals surface area contributed by atoms with Crippen molar-refractivity contribution in [1.29, 1.82) is 0 Å². The number of hydrogen-bond acceptors (Lipinski definition) is 1. The molecule has 2 aromatic carbocycles. The van der Waals surface area contributed by atoms with E-state index >= 15 is 0 Å². The topological polar surface area (TPSA) is 55.5 Å². The van der Waals surface area contributed by atoms with Crippen LogP contribution in [-0.2, 0) is 0 Å². The summed E-state index contributed by atoms with van der Waals surface area (Å²) in [7, 11) is 0. The molecule has 3 heteroatoms.